The quantitative estimate of drug-likeness (QED) is 0.770. The molecule has 7 heteroatoms. The average Bonchev–Trinajstić information content (AvgIpc) is 2.41. The van der Waals surface area contributed by atoms with Crippen LogP contribution in [0.2, 0.25) is 5.02 Å². The maximum absolute atomic E-state index is 12.3. The minimum absolute atomic E-state index is 0.266. The molecule has 1 aromatic carbocycles. The van der Waals surface area contributed by atoms with Gasteiger partial charge in [-0.05, 0) is 31.0 Å². The van der Waals surface area contributed by atoms with Crippen molar-refractivity contribution in [2.24, 2.45) is 11.5 Å². The summed E-state index contributed by atoms with van der Waals surface area (Å²) in [5.74, 6) is -0.935. The number of halogens is 1. The summed E-state index contributed by atoms with van der Waals surface area (Å²) in [6.45, 7) is 0.887. The molecule has 0 atom stereocenters. The number of hydrogen-bond donors (Lipinski definition) is 3. The van der Waals surface area contributed by atoms with Gasteiger partial charge in [0.25, 0.3) is 0 Å². The Morgan fingerprint density at radius 1 is 1.30 bits per heavy atom. The Balaban J connectivity index is 2.18. The number of benzene rings is 1. The Labute approximate surface area is 121 Å². The highest BCUT2D eigenvalue weighted by Crippen LogP contribution is 2.26. The summed E-state index contributed by atoms with van der Waals surface area (Å²) < 4.78 is 5.19. The smallest absolute Gasteiger partial charge is 0.248 e. The maximum Gasteiger partial charge on any atom is 0.248 e. The van der Waals surface area contributed by atoms with Crippen molar-refractivity contribution in [1.82, 2.24) is 0 Å². The molecule has 0 aromatic heterocycles. The van der Waals surface area contributed by atoms with E-state index in [9.17, 15) is 9.59 Å². The van der Waals surface area contributed by atoms with Crippen LogP contribution in [0.15, 0.2) is 18.2 Å². The molecule has 1 aromatic rings. The number of ether oxygens (including phenoxy) is 1. The number of carbonyl (C=O) groups is 2. The maximum atomic E-state index is 12.3. The minimum atomic E-state index is -0.982. The third kappa shape index (κ3) is 3.09. The molecule has 1 aliphatic heterocycles. The van der Waals surface area contributed by atoms with Gasteiger partial charge in [0.1, 0.15) is 5.54 Å². The van der Waals surface area contributed by atoms with Crippen LogP contribution in [0.1, 0.15) is 23.2 Å². The van der Waals surface area contributed by atoms with E-state index >= 15 is 0 Å². The van der Waals surface area contributed by atoms with Crippen LogP contribution >= 0.6 is 11.6 Å². The van der Waals surface area contributed by atoms with Crippen LogP contribution in [0.3, 0.4) is 0 Å². The lowest BCUT2D eigenvalue weighted by atomic mass is 9.90. The fraction of sp³-hybridized carbons (Fsp3) is 0.385. The van der Waals surface area contributed by atoms with E-state index in [1.54, 1.807) is 0 Å². The van der Waals surface area contributed by atoms with Gasteiger partial charge in [0.15, 0.2) is 0 Å². The van der Waals surface area contributed by atoms with Crippen molar-refractivity contribution in [2.45, 2.75) is 18.4 Å². The van der Waals surface area contributed by atoms with Gasteiger partial charge in [-0.2, -0.15) is 0 Å². The van der Waals surface area contributed by atoms with Crippen molar-refractivity contribution in [3.63, 3.8) is 0 Å². The van der Waals surface area contributed by atoms with Gasteiger partial charge >= 0.3 is 0 Å². The summed E-state index contributed by atoms with van der Waals surface area (Å²) in [5.41, 5.74) is 10.9. The second kappa shape index (κ2) is 5.78. The van der Waals surface area contributed by atoms with Crippen LogP contribution in [-0.2, 0) is 9.53 Å². The van der Waals surface area contributed by atoms with Crippen molar-refractivity contribution in [3.05, 3.63) is 28.8 Å². The molecule has 6 nitrogen and oxygen atoms in total. The standard InChI is InChI=1S/C13H16ClN3O3/c14-9-2-1-8(11(15)18)7-10(9)17-12(19)13(16)3-5-20-6-4-13/h1-2,7H,3-6,16H2,(H2,15,18)(H,17,19). The molecule has 20 heavy (non-hydrogen) atoms. The Hall–Kier alpha value is -1.63. The van der Waals surface area contributed by atoms with E-state index in [1.807, 2.05) is 0 Å². The van der Waals surface area contributed by atoms with Gasteiger partial charge in [0, 0.05) is 18.8 Å². The summed E-state index contributed by atoms with van der Waals surface area (Å²) in [6, 6.07) is 4.43. The predicted molar refractivity (Wildman–Crippen MR) is 75.6 cm³/mol. The molecule has 0 unspecified atom stereocenters. The Bertz CT molecular complexity index is 542. The molecule has 1 fully saturated rings. The lowest BCUT2D eigenvalue weighted by molar-refractivity contribution is -0.124. The van der Waals surface area contributed by atoms with Crippen molar-refractivity contribution >= 4 is 29.1 Å². The van der Waals surface area contributed by atoms with Crippen molar-refractivity contribution in [3.8, 4) is 0 Å². The summed E-state index contributed by atoms with van der Waals surface area (Å²) in [6.07, 6.45) is 0.873. The second-order valence-corrected chi connectivity index (χ2v) is 5.19. The van der Waals surface area contributed by atoms with Crippen molar-refractivity contribution < 1.29 is 14.3 Å². The zero-order chi connectivity index (χ0) is 14.8. The Kier molecular flexibility index (Phi) is 4.27. The van der Waals surface area contributed by atoms with Crippen LogP contribution < -0.4 is 16.8 Å². The van der Waals surface area contributed by atoms with Gasteiger partial charge in [-0.1, -0.05) is 11.6 Å². The first-order chi connectivity index (χ1) is 9.42. The Morgan fingerprint density at radius 3 is 2.55 bits per heavy atom. The van der Waals surface area contributed by atoms with Gasteiger partial charge < -0.3 is 21.5 Å². The van der Waals surface area contributed by atoms with Gasteiger partial charge in [0.2, 0.25) is 11.8 Å². The molecule has 108 valence electrons. The fourth-order valence-electron chi connectivity index (χ4n) is 1.98. The number of nitrogens with two attached hydrogens (primary N) is 2. The zero-order valence-electron chi connectivity index (χ0n) is 10.8. The molecule has 1 aliphatic rings. The molecule has 5 N–H and O–H groups in total. The number of nitrogens with one attached hydrogen (secondary N) is 1. The number of amides is 2. The van der Waals surface area contributed by atoms with Crippen LogP contribution in [0.4, 0.5) is 5.69 Å². The molecule has 0 bridgehead atoms. The molecule has 0 spiro atoms. The normalized spacial score (nSPS) is 17.5. The average molecular weight is 298 g/mol. The number of hydrogen-bond acceptors (Lipinski definition) is 4. The number of anilines is 1. The summed E-state index contributed by atoms with van der Waals surface area (Å²) in [5, 5.41) is 2.98. The fourth-order valence-corrected chi connectivity index (χ4v) is 2.15. The molecule has 0 saturated carbocycles. The second-order valence-electron chi connectivity index (χ2n) is 4.78. The highest BCUT2D eigenvalue weighted by Gasteiger charge is 2.36. The number of rotatable bonds is 3. The first-order valence-corrected chi connectivity index (χ1v) is 6.58. The van der Waals surface area contributed by atoms with Crippen LogP contribution in [-0.4, -0.2) is 30.6 Å². The van der Waals surface area contributed by atoms with Gasteiger partial charge in [0.05, 0.1) is 10.7 Å². The first-order valence-electron chi connectivity index (χ1n) is 6.20. The van der Waals surface area contributed by atoms with Crippen LogP contribution in [0.25, 0.3) is 0 Å². The third-order valence-electron chi connectivity index (χ3n) is 3.34. The number of carbonyl (C=O) groups excluding carboxylic acids is 2. The summed E-state index contributed by atoms with van der Waals surface area (Å²) in [7, 11) is 0. The van der Waals surface area contributed by atoms with E-state index in [2.05, 4.69) is 5.32 Å². The molecular weight excluding hydrogens is 282 g/mol. The molecule has 2 amide bonds. The zero-order valence-corrected chi connectivity index (χ0v) is 11.6. The molecule has 0 aliphatic carbocycles. The third-order valence-corrected chi connectivity index (χ3v) is 3.67. The van der Waals surface area contributed by atoms with E-state index in [0.29, 0.717) is 36.8 Å². The van der Waals surface area contributed by atoms with E-state index in [1.165, 1.54) is 18.2 Å². The Morgan fingerprint density at radius 2 is 1.95 bits per heavy atom. The van der Waals surface area contributed by atoms with E-state index < -0.39 is 11.4 Å². The van der Waals surface area contributed by atoms with E-state index in [0.717, 1.165) is 0 Å². The lowest BCUT2D eigenvalue weighted by Gasteiger charge is -2.31. The largest absolute Gasteiger partial charge is 0.381 e. The highest BCUT2D eigenvalue weighted by atomic mass is 35.5. The van der Waals surface area contributed by atoms with Crippen LogP contribution in [0.5, 0.6) is 0 Å². The highest BCUT2D eigenvalue weighted by molar-refractivity contribution is 6.34. The van der Waals surface area contributed by atoms with Gasteiger partial charge in [-0.3, -0.25) is 9.59 Å². The molecular formula is C13H16ClN3O3. The number of primary amides is 1. The summed E-state index contributed by atoms with van der Waals surface area (Å²) >= 11 is 6.00. The molecule has 1 saturated heterocycles. The van der Waals surface area contributed by atoms with Crippen molar-refractivity contribution in [2.75, 3.05) is 18.5 Å². The topological polar surface area (TPSA) is 107 Å². The molecule has 0 radical (unpaired) electrons. The molecule has 1 heterocycles. The summed E-state index contributed by atoms with van der Waals surface area (Å²) in [4.78, 5) is 23.4. The van der Waals surface area contributed by atoms with Gasteiger partial charge in [-0.15, -0.1) is 0 Å². The van der Waals surface area contributed by atoms with Crippen molar-refractivity contribution in [1.29, 1.82) is 0 Å². The molecule has 2 rings (SSSR count). The van der Waals surface area contributed by atoms with E-state index in [-0.39, 0.29) is 11.5 Å². The minimum Gasteiger partial charge on any atom is -0.381 e. The van der Waals surface area contributed by atoms with E-state index in [4.69, 9.17) is 27.8 Å². The predicted octanol–water partition coefficient (Wildman–Crippen LogP) is 0.885. The monoisotopic (exact) mass is 297 g/mol. The van der Waals surface area contributed by atoms with Gasteiger partial charge in [-0.25, -0.2) is 0 Å². The van der Waals surface area contributed by atoms with Crippen LogP contribution in [0, 0.1) is 0 Å². The SMILES string of the molecule is NC(=O)c1ccc(Cl)c(NC(=O)C2(N)CCOCC2)c1. The lowest BCUT2D eigenvalue weighted by Crippen LogP contribution is -2.54. The first kappa shape index (κ1) is 14.8.